The van der Waals surface area contributed by atoms with Gasteiger partial charge < -0.3 is 4.90 Å². The highest BCUT2D eigenvalue weighted by Crippen LogP contribution is 2.34. The Labute approximate surface area is 250 Å². The Hall–Kier alpha value is -5.48. The molecule has 5 rings (SSSR count). The van der Waals surface area contributed by atoms with E-state index < -0.39 is 14.9 Å². The SMILES string of the molecule is Cc1ccc(NS(=O)(=O)c2cc([N+](=O)[O-])ccc2N/N=C/c2ccc(N(c3ccccc3)c3ccccc3)cc2)c(C)c1. The molecule has 9 nitrogen and oxygen atoms in total. The van der Waals surface area contributed by atoms with Gasteiger partial charge in [-0.1, -0.05) is 66.2 Å². The molecule has 0 atom stereocenters. The molecule has 0 spiro atoms. The molecule has 5 aromatic rings. The molecule has 0 unspecified atom stereocenters. The van der Waals surface area contributed by atoms with Crippen LogP contribution in [0.25, 0.3) is 0 Å². The predicted octanol–water partition coefficient (Wildman–Crippen LogP) is 7.93. The molecule has 0 aromatic heterocycles. The Balaban J connectivity index is 1.39. The van der Waals surface area contributed by atoms with Gasteiger partial charge in [-0.05, 0) is 73.5 Å². The number of sulfonamides is 1. The summed E-state index contributed by atoms with van der Waals surface area (Å²) in [7, 11) is -4.19. The van der Waals surface area contributed by atoms with E-state index in [2.05, 4.69) is 20.1 Å². The molecule has 216 valence electrons. The lowest BCUT2D eigenvalue weighted by molar-refractivity contribution is -0.385. The van der Waals surface area contributed by atoms with Crippen molar-refractivity contribution in [2.75, 3.05) is 15.0 Å². The fourth-order valence-electron chi connectivity index (χ4n) is 4.55. The largest absolute Gasteiger partial charge is 0.311 e. The molecular formula is C33H29N5O4S. The Kier molecular flexibility index (Phi) is 8.49. The monoisotopic (exact) mass is 591 g/mol. The maximum Gasteiger partial charge on any atom is 0.270 e. The van der Waals surface area contributed by atoms with E-state index in [-0.39, 0.29) is 16.3 Å². The predicted molar refractivity (Wildman–Crippen MR) is 172 cm³/mol. The van der Waals surface area contributed by atoms with E-state index >= 15 is 0 Å². The first kappa shape index (κ1) is 29.0. The van der Waals surface area contributed by atoms with Crippen molar-refractivity contribution < 1.29 is 13.3 Å². The Morgan fingerprint density at radius 1 is 0.744 bits per heavy atom. The average molecular weight is 592 g/mol. The normalized spacial score (nSPS) is 11.3. The summed E-state index contributed by atoms with van der Waals surface area (Å²) in [5.74, 6) is 0. The molecular weight excluding hydrogens is 562 g/mol. The zero-order valence-corrected chi connectivity index (χ0v) is 24.3. The van der Waals surface area contributed by atoms with Gasteiger partial charge in [-0.15, -0.1) is 0 Å². The highest BCUT2D eigenvalue weighted by molar-refractivity contribution is 7.92. The van der Waals surface area contributed by atoms with Gasteiger partial charge in [0.1, 0.15) is 4.90 Å². The highest BCUT2D eigenvalue weighted by Gasteiger charge is 2.23. The molecule has 0 aliphatic heterocycles. The van der Waals surface area contributed by atoms with E-state index in [4.69, 9.17) is 0 Å². The summed E-state index contributed by atoms with van der Waals surface area (Å²) in [5, 5.41) is 15.7. The van der Waals surface area contributed by atoms with Crippen LogP contribution in [0.4, 0.5) is 34.1 Å². The van der Waals surface area contributed by atoms with Crippen molar-refractivity contribution in [3.63, 3.8) is 0 Å². The first-order valence-corrected chi connectivity index (χ1v) is 14.9. The first-order valence-electron chi connectivity index (χ1n) is 13.4. The van der Waals surface area contributed by atoms with Crippen LogP contribution in [0.2, 0.25) is 0 Å². The third-order valence-corrected chi connectivity index (χ3v) is 8.08. The number of nitrogens with zero attached hydrogens (tertiary/aromatic N) is 3. The summed E-state index contributed by atoms with van der Waals surface area (Å²) in [6.07, 6.45) is 1.55. The van der Waals surface area contributed by atoms with Crippen molar-refractivity contribution in [2.24, 2.45) is 5.10 Å². The Morgan fingerprint density at radius 3 is 1.91 bits per heavy atom. The number of nitro groups is 1. The van der Waals surface area contributed by atoms with Gasteiger partial charge in [-0.3, -0.25) is 20.3 Å². The van der Waals surface area contributed by atoms with Crippen molar-refractivity contribution >= 4 is 50.4 Å². The molecule has 2 N–H and O–H groups in total. The fourth-order valence-corrected chi connectivity index (χ4v) is 5.86. The lowest BCUT2D eigenvalue weighted by Crippen LogP contribution is -2.16. The number of rotatable bonds is 10. The van der Waals surface area contributed by atoms with Crippen LogP contribution in [0.1, 0.15) is 16.7 Å². The lowest BCUT2D eigenvalue weighted by Gasteiger charge is -2.25. The average Bonchev–Trinajstić information content (AvgIpc) is 3.00. The van der Waals surface area contributed by atoms with Crippen molar-refractivity contribution in [1.82, 2.24) is 0 Å². The minimum Gasteiger partial charge on any atom is -0.311 e. The number of hydrogen-bond acceptors (Lipinski definition) is 7. The third-order valence-electron chi connectivity index (χ3n) is 6.67. The van der Waals surface area contributed by atoms with E-state index in [0.717, 1.165) is 39.8 Å². The molecule has 0 saturated heterocycles. The topological polar surface area (TPSA) is 117 Å². The number of benzene rings is 5. The van der Waals surface area contributed by atoms with Crippen LogP contribution in [-0.2, 0) is 10.0 Å². The summed E-state index contributed by atoms with van der Waals surface area (Å²) in [6.45, 7) is 3.69. The van der Waals surface area contributed by atoms with Gasteiger partial charge in [0.15, 0.2) is 0 Å². The minimum absolute atomic E-state index is 0.0927. The molecule has 0 radical (unpaired) electrons. The van der Waals surface area contributed by atoms with Crippen molar-refractivity contribution in [1.29, 1.82) is 0 Å². The van der Waals surface area contributed by atoms with Crippen LogP contribution in [0, 0.1) is 24.0 Å². The molecule has 0 aliphatic rings. The molecule has 0 saturated carbocycles. The van der Waals surface area contributed by atoms with E-state index in [1.54, 1.807) is 25.3 Å². The molecule has 0 aliphatic carbocycles. The van der Waals surface area contributed by atoms with Crippen LogP contribution in [-0.4, -0.2) is 19.6 Å². The second-order valence-electron chi connectivity index (χ2n) is 9.83. The quantitative estimate of drug-likeness (QED) is 0.0968. The fraction of sp³-hybridized carbons (Fsp3) is 0.0606. The summed E-state index contributed by atoms with van der Waals surface area (Å²) >= 11 is 0. The summed E-state index contributed by atoms with van der Waals surface area (Å²) in [5.41, 5.74) is 8.31. The van der Waals surface area contributed by atoms with Crippen LogP contribution in [0.5, 0.6) is 0 Å². The summed E-state index contributed by atoms with van der Waals surface area (Å²) < 4.78 is 29.3. The van der Waals surface area contributed by atoms with E-state index in [0.29, 0.717) is 5.69 Å². The van der Waals surface area contributed by atoms with Crippen molar-refractivity contribution in [3.8, 4) is 0 Å². The highest BCUT2D eigenvalue weighted by atomic mass is 32.2. The van der Waals surface area contributed by atoms with Gasteiger partial charge in [-0.2, -0.15) is 5.10 Å². The van der Waals surface area contributed by atoms with E-state index in [1.807, 2.05) is 97.9 Å². The van der Waals surface area contributed by atoms with Gasteiger partial charge in [0.2, 0.25) is 0 Å². The minimum atomic E-state index is -4.19. The molecule has 0 bridgehead atoms. The van der Waals surface area contributed by atoms with Crippen molar-refractivity contribution in [3.05, 3.63) is 148 Å². The van der Waals surface area contributed by atoms with Gasteiger partial charge in [-0.25, -0.2) is 8.42 Å². The van der Waals surface area contributed by atoms with E-state index in [1.165, 1.54) is 12.1 Å². The van der Waals surface area contributed by atoms with Gasteiger partial charge in [0, 0.05) is 29.2 Å². The first-order chi connectivity index (χ1) is 20.7. The zero-order valence-electron chi connectivity index (χ0n) is 23.5. The van der Waals surface area contributed by atoms with Crippen LogP contribution in [0.15, 0.2) is 131 Å². The maximum atomic E-state index is 13.4. The third kappa shape index (κ3) is 6.88. The Morgan fingerprint density at radius 2 is 1.33 bits per heavy atom. The van der Waals surface area contributed by atoms with Gasteiger partial charge in [0.25, 0.3) is 15.7 Å². The number of para-hydroxylation sites is 2. The number of non-ortho nitro benzene ring substituents is 1. The molecule has 10 heteroatoms. The summed E-state index contributed by atoms with van der Waals surface area (Å²) in [6, 6.07) is 36.6. The van der Waals surface area contributed by atoms with Crippen LogP contribution >= 0.6 is 0 Å². The van der Waals surface area contributed by atoms with Crippen LogP contribution in [0.3, 0.4) is 0 Å². The van der Waals surface area contributed by atoms with Gasteiger partial charge in [0.05, 0.1) is 22.5 Å². The molecule has 43 heavy (non-hydrogen) atoms. The Bertz CT molecular complexity index is 1840. The van der Waals surface area contributed by atoms with E-state index in [9.17, 15) is 18.5 Å². The zero-order chi connectivity index (χ0) is 30.4. The standard InChI is InChI=1S/C33H29N5O4S/c1-24-13-19-31(25(2)21-24)36-43(41,42)33-22-30(38(39)40)18-20-32(33)35-34-23-26-14-16-29(17-15-26)37(27-9-5-3-6-10-27)28-11-7-4-8-12-28/h3-23,35-36H,1-2H3/b34-23+. The number of nitrogens with one attached hydrogen (secondary N) is 2. The summed E-state index contributed by atoms with van der Waals surface area (Å²) in [4.78, 5) is 12.6. The van der Waals surface area contributed by atoms with Gasteiger partial charge >= 0.3 is 0 Å². The number of nitro benzene ring substituents is 1. The number of hydrazone groups is 1. The number of anilines is 5. The number of aryl methyl sites for hydroxylation is 2. The number of hydrogen-bond donors (Lipinski definition) is 2. The molecule has 0 heterocycles. The molecule has 0 amide bonds. The lowest BCUT2D eigenvalue weighted by atomic mass is 10.1. The van der Waals surface area contributed by atoms with Crippen LogP contribution < -0.4 is 15.0 Å². The molecule has 0 fully saturated rings. The maximum absolute atomic E-state index is 13.4. The second-order valence-corrected chi connectivity index (χ2v) is 11.5. The molecule has 5 aromatic carbocycles. The second kappa shape index (κ2) is 12.6. The van der Waals surface area contributed by atoms with Crippen molar-refractivity contribution in [2.45, 2.75) is 18.7 Å². The smallest absolute Gasteiger partial charge is 0.270 e.